The van der Waals surface area contributed by atoms with Crippen LogP contribution in [-0.2, 0) is 14.9 Å². The lowest BCUT2D eigenvalue weighted by Gasteiger charge is -2.19. The highest BCUT2D eigenvalue weighted by atomic mass is 32.2. The first kappa shape index (κ1) is 13.5. The molecule has 2 unspecified atom stereocenters. The molecule has 1 aromatic rings. The third-order valence-corrected chi connectivity index (χ3v) is 4.34. The van der Waals surface area contributed by atoms with Gasteiger partial charge >= 0.3 is 5.97 Å². The molecule has 2 nitrogen and oxygen atoms in total. The van der Waals surface area contributed by atoms with Gasteiger partial charge in [-0.05, 0) is 30.0 Å². The number of rotatable bonds is 2. The van der Waals surface area contributed by atoms with Crippen molar-refractivity contribution in [1.29, 1.82) is 0 Å². The van der Waals surface area contributed by atoms with E-state index in [9.17, 15) is 4.79 Å². The van der Waals surface area contributed by atoms with Gasteiger partial charge in [0.1, 0.15) is 11.4 Å². The minimum atomic E-state index is -0.0765. The Hall–Kier alpha value is -0.960. The molecule has 0 saturated carbocycles. The summed E-state index contributed by atoms with van der Waals surface area (Å²) in [7, 11) is 0. The predicted molar refractivity (Wildman–Crippen MR) is 75.0 cm³/mol. The molecule has 2 atom stereocenters. The van der Waals surface area contributed by atoms with Crippen LogP contribution in [0.15, 0.2) is 29.2 Å². The Bertz CT molecular complexity index is 431. The van der Waals surface area contributed by atoms with Gasteiger partial charge in [-0.1, -0.05) is 32.9 Å². The molecule has 1 aromatic carbocycles. The minimum Gasteiger partial charge on any atom is -0.462 e. The van der Waals surface area contributed by atoms with Crippen LogP contribution in [0.5, 0.6) is 0 Å². The van der Waals surface area contributed by atoms with Gasteiger partial charge in [0.25, 0.3) is 0 Å². The van der Waals surface area contributed by atoms with Gasteiger partial charge in [0, 0.05) is 11.3 Å². The fourth-order valence-electron chi connectivity index (χ4n) is 2.01. The van der Waals surface area contributed by atoms with Crippen molar-refractivity contribution in [3.8, 4) is 0 Å². The molecule has 0 radical (unpaired) electrons. The molecule has 0 spiro atoms. The Kier molecular flexibility index (Phi) is 3.71. The monoisotopic (exact) mass is 264 g/mol. The maximum Gasteiger partial charge on any atom is 0.319 e. The molecule has 1 fully saturated rings. The van der Waals surface area contributed by atoms with Crippen LogP contribution in [0.4, 0.5) is 0 Å². The number of ether oxygens (including phenoxy) is 1. The summed E-state index contributed by atoms with van der Waals surface area (Å²) in [4.78, 5) is 12.7. The summed E-state index contributed by atoms with van der Waals surface area (Å²) in [5.74, 6) is -0.0765. The van der Waals surface area contributed by atoms with Crippen LogP contribution in [-0.4, -0.2) is 17.3 Å². The number of esters is 1. The van der Waals surface area contributed by atoms with Crippen LogP contribution in [0, 0.1) is 0 Å². The number of hydrogen-bond donors (Lipinski definition) is 0. The predicted octanol–water partition coefficient (Wildman–Crippen LogP) is 3.78. The number of benzene rings is 1. The zero-order valence-electron chi connectivity index (χ0n) is 11.4. The van der Waals surface area contributed by atoms with Crippen molar-refractivity contribution in [3.05, 3.63) is 29.8 Å². The van der Waals surface area contributed by atoms with E-state index < -0.39 is 0 Å². The highest BCUT2D eigenvalue weighted by Gasteiger charge is 2.32. The summed E-state index contributed by atoms with van der Waals surface area (Å²) < 4.78 is 5.16. The van der Waals surface area contributed by atoms with Gasteiger partial charge in [0.05, 0.1) is 0 Å². The molecule has 0 aliphatic carbocycles. The van der Waals surface area contributed by atoms with E-state index in [1.165, 1.54) is 5.56 Å². The Morgan fingerprint density at radius 3 is 2.28 bits per heavy atom. The average molecular weight is 264 g/mol. The number of cyclic esters (lactones) is 1. The second-order valence-electron chi connectivity index (χ2n) is 5.86. The first-order valence-corrected chi connectivity index (χ1v) is 7.22. The number of carbonyl (C=O) groups excluding carboxylic acids is 1. The van der Waals surface area contributed by atoms with E-state index in [2.05, 4.69) is 45.0 Å². The van der Waals surface area contributed by atoms with E-state index in [1.807, 2.05) is 6.92 Å². The largest absolute Gasteiger partial charge is 0.462 e. The highest BCUT2D eigenvalue weighted by Crippen LogP contribution is 2.33. The van der Waals surface area contributed by atoms with Gasteiger partial charge in [-0.25, -0.2) is 0 Å². The third-order valence-electron chi connectivity index (χ3n) is 3.12. The summed E-state index contributed by atoms with van der Waals surface area (Å²) >= 11 is 1.61. The van der Waals surface area contributed by atoms with Gasteiger partial charge in [-0.2, -0.15) is 0 Å². The van der Waals surface area contributed by atoms with Crippen molar-refractivity contribution in [2.75, 3.05) is 0 Å². The van der Waals surface area contributed by atoms with Crippen molar-refractivity contribution in [2.45, 2.75) is 55.8 Å². The van der Waals surface area contributed by atoms with Crippen molar-refractivity contribution >= 4 is 17.7 Å². The van der Waals surface area contributed by atoms with Crippen molar-refractivity contribution in [2.24, 2.45) is 0 Å². The number of hydrogen-bond acceptors (Lipinski definition) is 3. The maximum absolute atomic E-state index is 11.6. The Labute approximate surface area is 113 Å². The van der Waals surface area contributed by atoms with E-state index >= 15 is 0 Å². The van der Waals surface area contributed by atoms with Crippen molar-refractivity contribution in [1.82, 2.24) is 0 Å². The van der Waals surface area contributed by atoms with Crippen LogP contribution in [0.3, 0.4) is 0 Å². The standard InChI is InChI=1S/C15H20O2S/c1-10-9-13(14(16)17-10)18-12-7-5-11(6-8-12)15(2,3)4/h5-8,10,13H,9H2,1-4H3. The van der Waals surface area contributed by atoms with Gasteiger partial charge < -0.3 is 4.74 Å². The van der Waals surface area contributed by atoms with E-state index in [0.29, 0.717) is 0 Å². The molecule has 1 heterocycles. The molecule has 2 rings (SSSR count). The summed E-state index contributed by atoms with van der Waals surface area (Å²) in [6, 6.07) is 8.49. The van der Waals surface area contributed by atoms with E-state index in [0.717, 1.165) is 11.3 Å². The van der Waals surface area contributed by atoms with Crippen LogP contribution in [0.1, 0.15) is 39.7 Å². The molecule has 0 N–H and O–H groups in total. The van der Waals surface area contributed by atoms with Crippen LogP contribution in [0.2, 0.25) is 0 Å². The lowest BCUT2D eigenvalue weighted by atomic mass is 9.87. The molecule has 3 heteroatoms. The van der Waals surface area contributed by atoms with Crippen LogP contribution >= 0.6 is 11.8 Å². The van der Waals surface area contributed by atoms with Gasteiger partial charge in [-0.3, -0.25) is 4.79 Å². The third kappa shape index (κ3) is 3.08. The Morgan fingerprint density at radius 2 is 1.83 bits per heavy atom. The molecular formula is C15H20O2S. The van der Waals surface area contributed by atoms with E-state index in [-0.39, 0.29) is 22.7 Å². The van der Waals surface area contributed by atoms with Crippen molar-refractivity contribution < 1.29 is 9.53 Å². The number of thioether (sulfide) groups is 1. The summed E-state index contributed by atoms with van der Waals surface area (Å²) in [5.41, 5.74) is 1.48. The number of carbonyl (C=O) groups is 1. The highest BCUT2D eigenvalue weighted by molar-refractivity contribution is 8.00. The second-order valence-corrected chi connectivity index (χ2v) is 7.14. The van der Waals surface area contributed by atoms with Gasteiger partial charge in [0.15, 0.2) is 0 Å². The molecule has 0 bridgehead atoms. The molecule has 0 aromatic heterocycles. The molecule has 0 amide bonds. The lowest BCUT2D eigenvalue weighted by Crippen LogP contribution is -2.11. The van der Waals surface area contributed by atoms with Crippen LogP contribution < -0.4 is 0 Å². The molecule has 1 saturated heterocycles. The molecule has 98 valence electrons. The zero-order chi connectivity index (χ0) is 13.3. The summed E-state index contributed by atoms with van der Waals surface area (Å²) in [5, 5.41) is -0.0412. The first-order valence-electron chi connectivity index (χ1n) is 6.34. The topological polar surface area (TPSA) is 26.3 Å². The lowest BCUT2D eigenvalue weighted by molar-refractivity contribution is -0.140. The smallest absolute Gasteiger partial charge is 0.319 e. The maximum atomic E-state index is 11.6. The van der Waals surface area contributed by atoms with E-state index in [1.54, 1.807) is 11.8 Å². The molecule has 18 heavy (non-hydrogen) atoms. The van der Waals surface area contributed by atoms with Crippen molar-refractivity contribution in [3.63, 3.8) is 0 Å². The summed E-state index contributed by atoms with van der Waals surface area (Å²) in [6.07, 6.45) is 0.869. The fourth-order valence-corrected chi connectivity index (χ4v) is 3.15. The Balaban J connectivity index is 2.05. The molecular weight excluding hydrogens is 244 g/mol. The minimum absolute atomic E-state index is 0.0412. The normalized spacial score (nSPS) is 24.1. The fraction of sp³-hybridized carbons (Fsp3) is 0.533. The quantitative estimate of drug-likeness (QED) is 0.760. The SMILES string of the molecule is CC1CC(Sc2ccc(C(C)(C)C)cc2)C(=O)O1. The van der Waals surface area contributed by atoms with Gasteiger partial charge in [-0.15, -0.1) is 11.8 Å². The van der Waals surface area contributed by atoms with E-state index in [4.69, 9.17) is 4.74 Å². The first-order chi connectivity index (χ1) is 8.36. The second kappa shape index (κ2) is 4.96. The Morgan fingerprint density at radius 1 is 1.22 bits per heavy atom. The zero-order valence-corrected chi connectivity index (χ0v) is 12.2. The average Bonchev–Trinajstić information content (AvgIpc) is 2.57. The molecule has 1 aliphatic rings. The van der Waals surface area contributed by atoms with Gasteiger partial charge in [0.2, 0.25) is 0 Å². The summed E-state index contributed by atoms with van der Waals surface area (Å²) in [6.45, 7) is 8.54. The van der Waals surface area contributed by atoms with Crippen LogP contribution in [0.25, 0.3) is 0 Å². The molecule has 1 aliphatic heterocycles.